The molecule has 1 rings (SSSR count). The zero-order chi connectivity index (χ0) is 10.7. The van der Waals surface area contributed by atoms with Crippen molar-refractivity contribution in [1.82, 2.24) is 0 Å². The second kappa shape index (κ2) is 4.08. The van der Waals surface area contributed by atoms with Crippen LogP contribution in [0.1, 0.15) is 11.7 Å². The molecule has 0 radical (unpaired) electrons. The molecule has 0 aliphatic carbocycles. The second-order valence-corrected chi connectivity index (χ2v) is 2.87. The van der Waals surface area contributed by atoms with E-state index in [0.717, 1.165) is 0 Å². The molecule has 0 aliphatic heterocycles. The fourth-order valence-corrected chi connectivity index (χ4v) is 1.07. The van der Waals surface area contributed by atoms with Gasteiger partial charge in [0.25, 0.3) is 0 Å². The van der Waals surface area contributed by atoms with Gasteiger partial charge in [0.15, 0.2) is 0 Å². The summed E-state index contributed by atoms with van der Waals surface area (Å²) in [6.45, 7) is 0. The van der Waals surface area contributed by atoms with Crippen LogP contribution in [0.5, 0.6) is 5.75 Å². The van der Waals surface area contributed by atoms with Crippen molar-refractivity contribution in [3.8, 4) is 5.75 Å². The van der Waals surface area contributed by atoms with E-state index in [1.807, 2.05) is 0 Å². The molecular weight excluding hydrogens is 186 g/mol. The third-order valence-corrected chi connectivity index (χ3v) is 1.88. The molecule has 0 fully saturated rings. The summed E-state index contributed by atoms with van der Waals surface area (Å²) in [5.41, 5.74) is 5.31. The van der Waals surface area contributed by atoms with Gasteiger partial charge in [-0.15, -0.1) is 0 Å². The highest BCUT2D eigenvalue weighted by molar-refractivity contribution is 5.74. The number of hydrogen-bond donors (Lipinski definition) is 4. The van der Waals surface area contributed by atoms with Gasteiger partial charge in [-0.3, -0.25) is 4.79 Å². The van der Waals surface area contributed by atoms with Crippen LogP contribution in [0, 0.1) is 0 Å². The van der Waals surface area contributed by atoms with Crippen LogP contribution in [0.15, 0.2) is 24.3 Å². The fourth-order valence-electron chi connectivity index (χ4n) is 1.07. The first-order valence-electron chi connectivity index (χ1n) is 3.98. The van der Waals surface area contributed by atoms with E-state index >= 15 is 0 Å². The lowest BCUT2D eigenvalue weighted by Gasteiger charge is -2.15. The van der Waals surface area contributed by atoms with Gasteiger partial charge >= 0.3 is 5.97 Å². The van der Waals surface area contributed by atoms with Gasteiger partial charge in [-0.2, -0.15) is 0 Å². The standard InChI is InChI=1S/C9H11NO4/c10-7(9(13)14)8(12)5-3-1-2-4-6(5)11/h1-4,7-8,11-12H,10H2,(H,13,14)/t7-,8-/m0/s1. The predicted octanol–water partition coefficient (Wildman–Crippen LogP) is -0.163. The Bertz CT molecular complexity index is 339. The topological polar surface area (TPSA) is 104 Å². The molecule has 5 heteroatoms. The molecule has 0 aliphatic rings. The number of benzene rings is 1. The Morgan fingerprint density at radius 1 is 1.36 bits per heavy atom. The van der Waals surface area contributed by atoms with E-state index in [-0.39, 0.29) is 11.3 Å². The number of carboxylic acid groups (broad SMARTS) is 1. The summed E-state index contributed by atoms with van der Waals surface area (Å²) in [5.74, 6) is -1.49. The zero-order valence-corrected chi connectivity index (χ0v) is 7.29. The lowest BCUT2D eigenvalue weighted by Crippen LogP contribution is -2.36. The highest BCUT2D eigenvalue weighted by atomic mass is 16.4. The summed E-state index contributed by atoms with van der Waals surface area (Å²) in [5, 5.41) is 27.3. The molecule has 0 saturated heterocycles. The van der Waals surface area contributed by atoms with E-state index in [2.05, 4.69) is 0 Å². The maximum atomic E-state index is 10.5. The second-order valence-electron chi connectivity index (χ2n) is 2.87. The van der Waals surface area contributed by atoms with E-state index in [9.17, 15) is 15.0 Å². The van der Waals surface area contributed by atoms with E-state index in [0.29, 0.717) is 0 Å². The first kappa shape index (κ1) is 10.5. The molecule has 1 aromatic carbocycles. The number of hydrogen-bond acceptors (Lipinski definition) is 4. The van der Waals surface area contributed by atoms with Crippen LogP contribution in [0.2, 0.25) is 0 Å². The quantitative estimate of drug-likeness (QED) is 0.539. The van der Waals surface area contributed by atoms with Crippen LogP contribution in [-0.2, 0) is 4.79 Å². The number of para-hydroxylation sites is 1. The Balaban J connectivity index is 2.94. The number of phenolic OH excluding ortho intramolecular Hbond substituents is 1. The monoisotopic (exact) mass is 197 g/mol. The molecule has 76 valence electrons. The molecule has 0 aromatic heterocycles. The van der Waals surface area contributed by atoms with Gasteiger partial charge in [0.2, 0.25) is 0 Å². The Morgan fingerprint density at radius 3 is 2.43 bits per heavy atom. The minimum Gasteiger partial charge on any atom is -0.508 e. The molecule has 0 spiro atoms. The van der Waals surface area contributed by atoms with Crippen molar-refractivity contribution in [3.63, 3.8) is 0 Å². The Kier molecular flexibility index (Phi) is 3.06. The average molecular weight is 197 g/mol. The molecule has 14 heavy (non-hydrogen) atoms. The number of carboxylic acids is 1. The minimum atomic E-state index is -1.44. The highest BCUT2D eigenvalue weighted by Crippen LogP contribution is 2.25. The molecule has 2 atom stereocenters. The van der Waals surface area contributed by atoms with Crippen LogP contribution in [0.25, 0.3) is 0 Å². The number of aliphatic hydroxyl groups excluding tert-OH is 1. The molecule has 0 saturated carbocycles. The fraction of sp³-hybridized carbons (Fsp3) is 0.222. The molecular formula is C9H11NO4. The number of rotatable bonds is 3. The SMILES string of the molecule is N[C@H](C(=O)O)[C@@H](O)c1ccccc1O. The van der Waals surface area contributed by atoms with Crippen molar-refractivity contribution < 1.29 is 20.1 Å². The molecule has 0 bridgehead atoms. The number of aliphatic hydroxyl groups is 1. The maximum absolute atomic E-state index is 10.5. The summed E-state index contributed by atoms with van der Waals surface area (Å²) in [6, 6.07) is 4.48. The number of carbonyl (C=O) groups is 1. The Hall–Kier alpha value is -1.59. The van der Waals surface area contributed by atoms with Gasteiger partial charge in [-0.05, 0) is 6.07 Å². The summed E-state index contributed by atoms with van der Waals surface area (Å²) in [6.07, 6.45) is -1.41. The molecule has 0 heterocycles. The van der Waals surface area contributed by atoms with Crippen molar-refractivity contribution in [1.29, 1.82) is 0 Å². The summed E-state index contributed by atoms with van der Waals surface area (Å²) in [7, 11) is 0. The molecule has 5 N–H and O–H groups in total. The number of phenols is 1. The van der Waals surface area contributed by atoms with E-state index in [4.69, 9.17) is 10.8 Å². The van der Waals surface area contributed by atoms with Crippen molar-refractivity contribution in [2.24, 2.45) is 5.73 Å². The van der Waals surface area contributed by atoms with Crippen molar-refractivity contribution >= 4 is 5.97 Å². The van der Waals surface area contributed by atoms with Crippen LogP contribution in [0.3, 0.4) is 0 Å². The average Bonchev–Trinajstić information content (AvgIpc) is 2.16. The largest absolute Gasteiger partial charge is 0.508 e. The lowest BCUT2D eigenvalue weighted by atomic mass is 10.0. The van der Waals surface area contributed by atoms with Crippen molar-refractivity contribution in [2.45, 2.75) is 12.1 Å². The van der Waals surface area contributed by atoms with Crippen LogP contribution in [0.4, 0.5) is 0 Å². The van der Waals surface area contributed by atoms with Crippen molar-refractivity contribution in [3.05, 3.63) is 29.8 Å². The van der Waals surface area contributed by atoms with Crippen molar-refractivity contribution in [2.75, 3.05) is 0 Å². The summed E-state index contributed by atoms with van der Waals surface area (Å²) in [4.78, 5) is 10.5. The third kappa shape index (κ3) is 2.01. The van der Waals surface area contributed by atoms with E-state index in [1.54, 1.807) is 12.1 Å². The zero-order valence-electron chi connectivity index (χ0n) is 7.29. The normalized spacial score (nSPS) is 14.7. The van der Waals surface area contributed by atoms with Gasteiger partial charge in [-0.1, -0.05) is 18.2 Å². The Labute approximate surface area is 80.4 Å². The molecule has 0 unspecified atom stereocenters. The smallest absolute Gasteiger partial charge is 0.323 e. The van der Waals surface area contributed by atoms with Gasteiger partial charge in [-0.25, -0.2) is 0 Å². The third-order valence-electron chi connectivity index (χ3n) is 1.88. The molecule has 5 nitrogen and oxygen atoms in total. The van der Waals surface area contributed by atoms with Crippen LogP contribution >= 0.6 is 0 Å². The number of aromatic hydroxyl groups is 1. The first-order chi connectivity index (χ1) is 6.54. The summed E-state index contributed by atoms with van der Waals surface area (Å²) < 4.78 is 0. The van der Waals surface area contributed by atoms with Gasteiger partial charge in [0.1, 0.15) is 17.9 Å². The minimum absolute atomic E-state index is 0.113. The van der Waals surface area contributed by atoms with E-state index < -0.39 is 18.1 Å². The number of aliphatic carboxylic acids is 1. The maximum Gasteiger partial charge on any atom is 0.323 e. The lowest BCUT2D eigenvalue weighted by molar-refractivity contribution is -0.141. The van der Waals surface area contributed by atoms with Gasteiger partial charge < -0.3 is 21.1 Å². The van der Waals surface area contributed by atoms with Crippen LogP contribution in [-0.4, -0.2) is 27.3 Å². The first-order valence-corrected chi connectivity index (χ1v) is 3.98. The van der Waals surface area contributed by atoms with E-state index in [1.165, 1.54) is 12.1 Å². The molecule has 0 amide bonds. The van der Waals surface area contributed by atoms with Gasteiger partial charge in [0, 0.05) is 5.56 Å². The predicted molar refractivity (Wildman–Crippen MR) is 48.7 cm³/mol. The molecule has 1 aromatic rings. The van der Waals surface area contributed by atoms with Crippen LogP contribution < -0.4 is 5.73 Å². The Morgan fingerprint density at radius 2 is 1.93 bits per heavy atom. The number of nitrogens with two attached hydrogens (primary N) is 1. The summed E-state index contributed by atoms with van der Waals surface area (Å²) >= 11 is 0. The van der Waals surface area contributed by atoms with Gasteiger partial charge in [0.05, 0.1) is 0 Å². The highest BCUT2D eigenvalue weighted by Gasteiger charge is 2.25.